The van der Waals surface area contributed by atoms with E-state index in [1.54, 1.807) is 29.8 Å². The van der Waals surface area contributed by atoms with Crippen molar-refractivity contribution in [3.05, 3.63) is 65.7 Å². The molecule has 0 aliphatic rings. The molecule has 1 N–H and O–H groups in total. The van der Waals surface area contributed by atoms with Gasteiger partial charge in [0.05, 0.1) is 11.3 Å². The number of aromatic nitrogens is 6. The van der Waals surface area contributed by atoms with Gasteiger partial charge in [0.15, 0.2) is 17.1 Å². The molecule has 4 heterocycles. The van der Waals surface area contributed by atoms with Gasteiger partial charge >= 0.3 is 0 Å². The maximum atomic E-state index is 12.2. The Balaban J connectivity index is 1.45. The van der Waals surface area contributed by atoms with Gasteiger partial charge in [-0.25, -0.2) is 0 Å². The van der Waals surface area contributed by atoms with E-state index in [2.05, 4.69) is 30.8 Å². The highest BCUT2D eigenvalue weighted by Crippen LogP contribution is 2.29. The molecule has 0 unspecified atom stereocenters. The SMILES string of the molecule is COCc1cc(-c2nnc3c4ccccc4c(OCc4ccc(C(=O)NC(C)C)cn4)nn23)no1. The fourth-order valence-electron chi connectivity index (χ4n) is 3.58. The van der Waals surface area contributed by atoms with Crippen LogP contribution in [0.4, 0.5) is 0 Å². The lowest BCUT2D eigenvalue weighted by atomic mass is 10.2. The van der Waals surface area contributed by atoms with Gasteiger partial charge in [-0.1, -0.05) is 23.4 Å². The zero-order chi connectivity index (χ0) is 24.4. The average Bonchev–Trinajstić information content (AvgIpc) is 3.49. The van der Waals surface area contributed by atoms with E-state index in [1.807, 2.05) is 38.1 Å². The van der Waals surface area contributed by atoms with Crippen molar-refractivity contribution in [1.82, 2.24) is 35.3 Å². The normalized spacial score (nSPS) is 11.4. The number of hydrogen-bond acceptors (Lipinski definition) is 9. The minimum Gasteiger partial charge on any atom is -0.470 e. The highest BCUT2D eigenvalue weighted by Gasteiger charge is 2.19. The molecular weight excluding hydrogens is 450 g/mol. The first-order valence-electron chi connectivity index (χ1n) is 11.0. The van der Waals surface area contributed by atoms with Crippen LogP contribution in [0.15, 0.2) is 53.2 Å². The third kappa shape index (κ3) is 4.53. The predicted octanol–water partition coefficient (Wildman–Crippen LogP) is 3.19. The topological polar surface area (TPSA) is 130 Å². The number of ether oxygens (including phenoxy) is 2. The van der Waals surface area contributed by atoms with Crippen LogP contribution in [-0.4, -0.2) is 49.0 Å². The van der Waals surface area contributed by atoms with Gasteiger partial charge < -0.3 is 19.3 Å². The van der Waals surface area contributed by atoms with Gasteiger partial charge in [-0.05, 0) is 32.0 Å². The molecule has 0 aliphatic heterocycles. The summed E-state index contributed by atoms with van der Waals surface area (Å²) in [5.41, 5.74) is 2.19. The highest BCUT2D eigenvalue weighted by molar-refractivity contribution is 5.97. The molecule has 11 nitrogen and oxygen atoms in total. The second-order valence-corrected chi connectivity index (χ2v) is 8.18. The summed E-state index contributed by atoms with van der Waals surface area (Å²) in [5, 5.41) is 21.8. The van der Waals surface area contributed by atoms with Crippen molar-refractivity contribution < 1.29 is 18.8 Å². The maximum absolute atomic E-state index is 12.2. The third-order valence-electron chi connectivity index (χ3n) is 5.17. The zero-order valence-corrected chi connectivity index (χ0v) is 19.4. The van der Waals surface area contributed by atoms with Crippen molar-refractivity contribution in [2.75, 3.05) is 7.11 Å². The van der Waals surface area contributed by atoms with E-state index in [4.69, 9.17) is 14.0 Å². The number of methoxy groups -OCH3 is 1. The summed E-state index contributed by atoms with van der Waals surface area (Å²) in [5.74, 6) is 1.20. The summed E-state index contributed by atoms with van der Waals surface area (Å²) in [6.45, 7) is 4.27. The monoisotopic (exact) mass is 473 g/mol. The van der Waals surface area contributed by atoms with Crippen LogP contribution in [-0.2, 0) is 18.0 Å². The summed E-state index contributed by atoms with van der Waals surface area (Å²) in [6, 6.07) is 12.9. The number of nitrogens with zero attached hydrogens (tertiary/aromatic N) is 6. The summed E-state index contributed by atoms with van der Waals surface area (Å²) < 4.78 is 18.0. The largest absolute Gasteiger partial charge is 0.470 e. The van der Waals surface area contributed by atoms with Crippen LogP contribution in [0.2, 0.25) is 0 Å². The lowest BCUT2D eigenvalue weighted by Gasteiger charge is -2.10. The lowest BCUT2D eigenvalue weighted by Crippen LogP contribution is -2.30. The number of pyridine rings is 1. The molecular formula is C24H23N7O4. The molecule has 4 aromatic heterocycles. The van der Waals surface area contributed by atoms with Crippen LogP contribution in [0.25, 0.3) is 27.9 Å². The first-order chi connectivity index (χ1) is 17.0. The van der Waals surface area contributed by atoms with Crippen LogP contribution in [0.5, 0.6) is 5.88 Å². The molecule has 0 bridgehead atoms. The number of fused-ring (bicyclic) bond motifs is 3. The first kappa shape index (κ1) is 22.4. The molecule has 0 spiro atoms. The minimum absolute atomic E-state index is 0.0474. The number of benzene rings is 1. The second kappa shape index (κ2) is 9.47. The zero-order valence-electron chi connectivity index (χ0n) is 19.4. The molecule has 0 atom stereocenters. The van der Waals surface area contributed by atoms with Crippen molar-refractivity contribution in [3.63, 3.8) is 0 Å². The minimum atomic E-state index is -0.167. The number of amides is 1. The van der Waals surface area contributed by atoms with Gasteiger partial charge in [-0.2, -0.15) is 4.52 Å². The van der Waals surface area contributed by atoms with Crippen LogP contribution in [0.3, 0.4) is 0 Å². The fraction of sp³-hybridized carbons (Fsp3) is 0.250. The van der Waals surface area contributed by atoms with Gasteiger partial charge in [-0.3, -0.25) is 9.78 Å². The molecule has 1 amide bonds. The van der Waals surface area contributed by atoms with Crippen molar-refractivity contribution in [2.45, 2.75) is 33.1 Å². The van der Waals surface area contributed by atoms with Crippen LogP contribution in [0.1, 0.15) is 35.7 Å². The Kier molecular flexibility index (Phi) is 6.06. The van der Waals surface area contributed by atoms with Gasteiger partial charge in [0.1, 0.15) is 13.2 Å². The molecule has 35 heavy (non-hydrogen) atoms. The number of nitrogens with one attached hydrogen (secondary N) is 1. The molecule has 0 radical (unpaired) electrons. The number of carbonyl (C=O) groups is 1. The summed E-state index contributed by atoms with van der Waals surface area (Å²) in [4.78, 5) is 16.5. The van der Waals surface area contributed by atoms with E-state index in [0.717, 1.165) is 10.8 Å². The molecule has 1 aromatic carbocycles. The van der Waals surface area contributed by atoms with Crippen LogP contribution < -0.4 is 10.1 Å². The Hall–Kier alpha value is -4.38. The van der Waals surface area contributed by atoms with E-state index < -0.39 is 0 Å². The smallest absolute Gasteiger partial charge is 0.253 e. The Bertz CT molecular complexity index is 1490. The molecule has 0 saturated carbocycles. The number of carbonyl (C=O) groups excluding carboxylic acids is 1. The first-order valence-corrected chi connectivity index (χ1v) is 11.0. The van der Waals surface area contributed by atoms with E-state index >= 15 is 0 Å². The lowest BCUT2D eigenvalue weighted by molar-refractivity contribution is 0.0942. The molecule has 11 heteroatoms. The standard InChI is InChI=1S/C24H23N7O4/c1-14(2)26-23(32)15-8-9-16(25-11-15)12-34-24-19-7-5-4-6-18(19)21-27-28-22(31(21)29-24)20-10-17(13-33-3)35-30-20/h4-11,14H,12-13H2,1-3H3,(H,26,32). The molecule has 0 saturated heterocycles. The van der Waals surface area contributed by atoms with Crippen LogP contribution in [0, 0.1) is 0 Å². The van der Waals surface area contributed by atoms with Crippen molar-refractivity contribution >= 4 is 22.3 Å². The Labute approximate surface area is 200 Å². The van der Waals surface area contributed by atoms with Gasteiger partial charge in [0.2, 0.25) is 11.7 Å². The van der Waals surface area contributed by atoms with Gasteiger partial charge in [0, 0.05) is 36.2 Å². The molecule has 0 aliphatic carbocycles. The van der Waals surface area contributed by atoms with Crippen molar-refractivity contribution in [3.8, 4) is 17.4 Å². The average molecular weight is 473 g/mol. The van der Waals surface area contributed by atoms with Crippen molar-refractivity contribution in [1.29, 1.82) is 0 Å². The van der Waals surface area contributed by atoms with E-state index in [0.29, 0.717) is 46.7 Å². The Morgan fingerprint density at radius 1 is 1.11 bits per heavy atom. The second-order valence-electron chi connectivity index (χ2n) is 8.18. The Morgan fingerprint density at radius 2 is 1.94 bits per heavy atom. The third-order valence-corrected chi connectivity index (χ3v) is 5.17. The highest BCUT2D eigenvalue weighted by atomic mass is 16.5. The summed E-state index contributed by atoms with van der Waals surface area (Å²) in [7, 11) is 1.58. The van der Waals surface area contributed by atoms with Gasteiger partial charge in [0.25, 0.3) is 5.91 Å². The van der Waals surface area contributed by atoms with Crippen LogP contribution >= 0.6 is 0 Å². The summed E-state index contributed by atoms with van der Waals surface area (Å²) >= 11 is 0. The number of rotatable bonds is 8. The van der Waals surface area contributed by atoms with E-state index in [1.165, 1.54) is 6.20 Å². The van der Waals surface area contributed by atoms with E-state index in [-0.39, 0.29) is 18.6 Å². The van der Waals surface area contributed by atoms with Crippen molar-refractivity contribution in [2.24, 2.45) is 0 Å². The molecule has 0 fully saturated rings. The number of hydrogen-bond donors (Lipinski definition) is 1. The summed E-state index contributed by atoms with van der Waals surface area (Å²) in [6.07, 6.45) is 1.53. The predicted molar refractivity (Wildman–Crippen MR) is 126 cm³/mol. The molecule has 5 aromatic rings. The van der Waals surface area contributed by atoms with Gasteiger partial charge in [-0.15, -0.1) is 15.3 Å². The van der Waals surface area contributed by atoms with E-state index in [9.17, 15) is 4.79 Å². The maximum Gasteiger partial charge on any atom is 0.253 e. The molecule has 5 rings (SSSR count). The Morgan fingerprint density at radius 3 is 2.69 bits per heavy atom. The molecule has 178 valence electrons. The quantitative estimate of drug-likeness (QED) is 0.361. The fourth-order valence-corrected chi connectivity index (χ4v) is 3.58.